The average molecular weight is 481 g/mol. The summed E-state index contributed by atoms with van der Waals surface area (Å²) in [5, 5.41) is 5.12. The van der Waals surface area contributed by atoms with Crippen molar-refractivity contribution in [2.45, 2.75) is 23.8 Å². The lowest BCUT2D eigenvalue weighted by atomic mass is 10.1. The van der Waals surface area contributed by atoms with E-state index in [1.54, 1.807) is 34.8 Å². The molecule has 3 aromatic rings. The monoisotopic (exact) mass is 479 g/mol. The van der Waals surface area contributed by atoms with Gasteiger partial charge in [-0.25, -0.2) is 8.42 Å². The van der Waals surface area contributed by atoms with Crippen LogP contribution < -0.4 is 5.32 Å². The van der Waals surface area contributed by atoms with Crippen LogP contribution in [0.3, 0.4) is 0 Å². The molecule has 1 N–H and O–H groups in total. The Balaban J connectivity index is 1.55. The van der Waals surface area contributed by atoms with Crippen LogP contribution in [0.5, 0.6) is 0 Å². The van der Waals surface area contributed by atoms with Gasteiger partial charge >= 0.3 is 0 Å². The number of nitrogens with one attached hydrogen (secondary N) is 1. The molecule has 1 atom stereocenters. The molecule has 0 spiro atoms. The van der Waals surface area contributed by atoms with Crippen LogP contribution in [-0.2, 0) is 10.0 Å². The van der Waals surface area contributed by atoms with E-state index in [4.69, 9.17) is 11.6 Å². The first-order valence-corrected chi connectivity index (χ1v) is 11.6. The average Bonchev–Trinajstić information content (AvgIpc) is 2.68. The predicted molar refractivity (Wildman–Crippen MR) is 116 cm³/mol. The second-order valence-electron chi connectivity index (χ2n) is 6.82. The molecule has 146 valence electrons. The van der Waals surface area contributed by atoms with Gasteiger partial charge in [0.15, 0.2) is 0 Å². The topological polar surface area (TPSA) is 62.3 Å². The molecule has 0 radical (unpaired) electrons. The molecule has 1 aliphatic heterocycles. The van der Waals surface area contributed by atoms with Gasteiger partial charge in [-0.05, 0) is 61.4 Å². The van der Waals surface area contributed by atoms with E-state index in [1.807, 2.05) is 24.3 Å². The van der Waals surface area contributed by atoms with Crippen molar-refractivity contribution in [2.24, 2.45) is 0 Å². The zero-order valence-electron chi connectivity index (χ0n) is 15.0. The second-order valence-corrected chi connectivity index (χ2v) is 10.1. The van der Waals surface area contributed by atoms with E-state index in [0.29, 0.717) is 23.0 Å². The molecule has 2 heterocycles. The Bertz CT molecular complexity index is 1110. The van der Waals surface area contributed by atoms with Gasteiger partial charge in [-0.1, -0.05) is 27.5 Å². The van der Waals surface area contributed by atoms with Crippen LogP contribution in [0.25, 0.3) is 10.9 Å². The maximum absolute atomic E-state index is 13.0. The van der Waals surface area contributed by atoms with Crippen molar-refractivity contribution in [1.82, 2.24) is 9.29 Å². The first-order chi connectivity index (χ1) is 13.4. The summed E-state index contributed by atoms with van der Waals surface area (Å²) in [7, 11) is -3.51. The maximum Gasteiger partial charge on any atom is 0.243 e. The summed E-state index contributed by atoms with van der Waals surface area (Å²) in [5.41, 5.74) is 1.75. The van der Waals surface area contributed by atoms with E-state index in [2.05, 4.69) is 26.2 Å². The Morgan fingerprint density at radius 3 is 2.71 bits per heavy atom. The highest BCUT2D eigenvalue weighted by Crippen LogP contribution is 2.28. The van der Waals surface area contributed by atoms with Crippen molar-refractivity contribution >= 4 is 54.1 Å². The van der Waals surface area contributed by atoms with Crippen LogP contribution in [0.2, 0.25) is 5.02 Å². The molecular weight excluding hydrogens is 462 g/mol. The van der Waals surface area contributed by atoms with Crippen LogP contribution in [0, 0.1) is 0 Å². The van der Waals surface area contributed by atoms with Gasteiger partial charge in [-0.2, -0.15) is 4.31 Å². The Morgan fingerprint density at radius 1 is 1.14 bits per heavy atom. The molecule has 1 saturated heterocycles. The molecule has 0 amide bonds. The number of anilines is 1. The zero-order chi connectivity index (χ0) is 19.7. The molecule has 1 unspecified atom stereocenters. The Hall–Kier alpha value is -1.67. The summed E-state index contributed by atoms with van der Waals surface area (Å²) >= 11 is 9.41. The van der Waals surface area contributed by atoms with Crippen molar-refractivity contribution in [1.29, 1.82) is 0 Å². The summed E-state index contributed by atoms with van der Waals surface area (Å²) < 4.78 is 28.4. The van der Waals surface area contributed by atoms with Crippen LogP contribution in [0.15, 0.2) is 64.1 Å². The van der Waals surface area contributed by atoms with Gasteiger partial charge in [-0.3, -0.25) is 4.98 Å². The molecule has 1 aliphatic rings. The van der Waals surface area contributed by atoms with Crippen LogP contribution in [-0.4, -0.2) is 36.8 Å². The molecule has 5 nitrogen and oxygen atoms in total. The standard InChI is InChI=1S/C20H19BrClN3O2S/c21-14-3-6-17(7-4-14)28(26,27)25-11-1-2-16(13-25)24-19-9-10-23-20-12-15(22)5-8-18(19)20/h3-10,12,16H,1-2,11,13H2,(H,23,24). The van der Waals surface area contributed by atoms with Crippen molar-refractivity contribution in [3.8, 4) is 0 Å². The molecule has 0 saturated carbocycles. The number of hydrogen-bond acceptors (Lipinski definition) is 4. The van der Waals surface area contributed by atoms with E-state index in [-0.39, 0.29) is 6.04 Å². The summed E-state index contributed by atoms with van der Waals surface area (Å²) in [6, 6.07) is 14.3. The summed E-state index contributed by atoms with van der Waals surface area (Å²) in [6.45, 7) is 0.957. The van der Waals surface area contributed by atoms with E-state index < -0.39 is 10.0 Å². The molecule has 4 rings (SSSR count). The highest BCUT2D eigenvalue weighted by Gasteiger charge is 2.30. The summed E-state index contributed by atoms with van der Waals surface area (Å²) in [6.07, 6.45) is 3.45. The fourth-order valence-electron chi connectivity index (χ4n) is 3.50. The number of pyridine rings is 1. The molecular formula is C20H19BrClN3O2S. The molecule has 1 aromatic heterocycles. The Morgan fingerprint density at radius 2 is 1.93 bits per heavy atom. The van der Waals surface area contributed by atoms with Gasteiger partial charge in [0.1, 0.15) is 0 Å². The summed E-state index contributed by atoms with van der Waals surface area (Å²) in [5.74, 6) is 0. The Labute approximate surface area is 177 Å². The molecule has 0 bridgehead atoms. The SMILES string of the molecule is O=S(=O)(c1ccc(Br)cc1)N1CCCC(Nc2ccnc3cc(Cl)ccc23)C1. The quantitative estimate of drug-likeness (QED) is 0.576. The van der Waals surface area contributed by atoms with Gasteiger partial charge in [-0.15, -0.1) is 0 Å². The van der Waals surface area contributed by atoms with Crippen molar-refractivity contribution in [2.75, 3.05) is 18.4 Å². The first kappa shape index (κ1) is 19.6. The van der Waals surface area contributed by atoms with Crippen LogP contribution >= 0.6 is 27.5 Å². The van der Waals surface area contributed by atoms with E-state index in [0.717, 1.165) is 33.9 Å². The molecule has 28 heavy (non-hydrogen) atoms. The number of rotatable bonds is 4. The number of halogens is 2. The first-order valence-electron chi connectivity index (χ1n) is 9.00. The fourth-order valence-corrected chi connectivity index (χ4v) is 5.46. The number of sulfonamides is 1. The number of benzene rings is 2. The number of piperidine rings is 1. The van der Waals surface area contributed by atoms with Crippen molar-refractivity contribution in [3.63, 3.8) is 0 Å². The van der Waals surface area contributed by atoms with Crippen LogP contribution in [0.1, 0.15) is 12.8 Å². The number of aromatic nitrogens is 1. The van der Waals surface area contributed by atoms with E-state index in [9.17, 15) is 8.42 Å². The highest BCUT2D eigenvalue weighted by atomic mass is 79.9. The van der Waals surface area contributed by atoms with Gasteiger partial charge in [0.25, 0.3) is 0 Å². The van der Waals surface area contributed by atoms with E-state index in [1.165, 1.54) is 0 Å². The normalized spacial score (nSPS) is 18.3. The smallest absolute Gasteiger partial charge is 0.243 e. The van der Waals surface area contributed by atoms with Crippen molar-refractivity contribution < 1.29 is 8.42 Å². The molecule has 2 aromatic carbocycles. The Kier molecular flexibility index (Phi) is 5.60. The molecule has 8 heteroatoms. The lowest BCUT2D eigenvalue weighted by Gasteiger charge is -2.33. The van der Waals surface area contributed by atoms with E-state index >= 15 is 0 Å². The third kappa shape index (κ3) is 4.03. The van der Waals surface area contributed by atoms with Crippen LogP contribution in [0.4, 0.5) is 5.69 Å². The molecule has 0 aliphatic carbocycles. The largest absolute Gasteiger partial charge is 0.380 e. The van der Waals surface area contributed by atoms with Gasteiger partial charge in [0, 0.05) is 45.9 Å². The lowest BCUT2D eigenvalue weighted by molar-refractivity contribution is 0.327. The zero-order valence-corrected chi connectivity index (χ0v) is 18.1. The summed E-state index contributed by atoms with van der Waals surface area (Å²) in [4.78, 5) is 4.68. The number of fused-ring (bicyclic) bond motifs is 1. The lowest BCUT2D eigenvalue weighted by Crippen LogP contribution is -2.45. The molecule has 1 fully saturated rings. The number of nitrogens with zero attached hydrogens (tertiary/aromatic N) is 2. The minimum Gasteiger partial charge on any atom is -0.380 e. The fraction of sp³-hybridized carbons (Fsp3) is 0.250. The third-order valence-electron chi connectivity index (χ3n) is 4.90. The van der Waals surface area contributed by atoms with Crippen molar-refractivity contribution in [3.05, 3.63) is 64.2 Å². The minimum absolute atomic E-state index is 0.0280. The highest BCUT2D eigenvalue weighted by molar-refractivity contribution is 9.10. The van der Waals surface area contributed by atoms with Gasteiger partial charge in [0.05, 0.1) is 10.4 Å². The minimum atomic E-state index is -3.51. The predicted octanol–water partition coefficient (Wildman–Crippen LogP) is 4.92. The second kappa shape index (κ2) is 7.99. The maximum atomic E-state index is 13.0. The third-order valence-corrected chi connectivity index (χ3v) is 7.54. The van der Waals surface area contributed by atoms with Gasteiger partial charge in [0.2, 0.25) is 10.0 Å². The van der Waals surface area contributed by atoms with Gasteiger partial charge < -0.3 is 5.32 Å². The number of hydrogen-bond donors (Lipinski definition) is 1.